The van der Waals surface area contributed by atoms with E-state index in [1.165, 1.54) is 5.56 Å². The first-order valence-corrected chi connectivity index (χ1v) is 11.4. The highest BCUT2D eigenvalue weighted by Gasteiger charge is 2.18. The van der Waals surface area contributed by atoms with Crippen molar-refractivity contribution in [1.29, 1.82) is 0 Å². The van der Waals surface area contributed by atoms with Gasteiger partial charge in [-0.15, -0.1) is 4.91 Å². The number of pyridine rings is 1. The van der Waals surface area contributed by atoms with E-state index in [4.69, 9.17) is 4.98 Å². The number of carbonyl (C=O) groups excluding carboxylic acids is 1. The molecule has 0 aliphatic carbocycles. The quantitative estimate of drug-likeness (QED) is 0.339. The van der Waals surface area contributed by atoms with Gasteiger partial charge < -0.3 is 9.47 Å². The summed E-state index contributed by atoms with van der Waals surface area (Å²) in [6.45, 7) is 5.67. The molecule has 0 atom stereocenters. The Hall–Kier alpha value is -4.04. The second kappa shape index (κ2) is 9.84. The standard InChI is InChI=1S/C26H26N6O2/c33-26(28-29-34)22-8-6-21(7-9-22)19-32-11-10-23-16-24(17-27-25(23)32)31-14-12-30(13-15-31)18-20-4-2-1-3-5-20/h1-11,16-17H,12-15,18-19H2,(H,28,33,34). The minimum absolute atomic E-state index is 0.396. The molecule has 8 heteroatoms. The Kier molecular flexibility index (Phi) is 6.31. The van der Waals surface area contributed by atoms with Crippen molar-refractivity contribution in [2.45, 2.75) is 13.1 Å². The van der Waals surface area contributed by atoms with Gasteiger partial charge in [0.15, 0.2) is 0 Å². The number of piperazine rings is 1. The van der Waals surface area contributed by atoms with Crippen molar-refractivity contribution in [3.05, 3.63) is 101 Å². The maximum absolute atomic E-state index is 11.7. The molecule has 2 aromatic heterocycles. The third kappa shape index (κ3) is 4.82. The average molecular weight is 455 g/mol. The van der Waals surface area contributed by atoms with Crippen LogP contribution in [0.2, 0.25) is 0 Å². The Labute approximate surface area is 197 Å². The Morgan fingerprint density at radius 2 is 1.65 bits per heavy atom. The van der Waals surface area contributed by atoms with Crippen molar-refractivity contribution < 1.29 is 4.79 Å². The number of carbonyl (C=O) groups is 1. The highest BCUT2D eigenvalue weighted by Crippen LogP contribution is 2.23. The number of nitrogens with zero attached hydrogens (tertiary/aromatic N) is 5. The van der Waals surface area contributed by atoms with E-state index in [0.717, 1.165) is 55.0 Å². The lowest BCUT2D eigenvalue weighted by atomic mass is 10.1. The van der Waals surface area contributed by atoms with E-state index < -0.39 is 5.91 Å². The van der Waals surface area contributed by atoms with E-state index >= 15 is 0 Å². The maximum Gasteiger partial charge on any atom is 0.273 e. The summed E-state index contributed by atoms with van der Waals surface area (Å²) >= 11 is 0. The van der Waals surface area contributed by atoms with Gasteiger partial charge in [-0.2, -0.15) is 0 Å². The summed E-state index contributed by atoms with van der Waals surface area (Å²) in [5.41, 5.74) is 6.78. The summed E-state index contributed by atoms with van der Waals surface area (Å²) in [6.07, 6.45) is 4.00. The topological polar surface area (TPSA) is 82.8 Å². The van der Waals surface area contributed by atoms with E-state index in [2.05, 4.69) is 62.1 Å². The van der Waals surface area contributed by atoms with Crippen LogP contribution >= 0.6 is 0 Å². The number of nitrogens with one attached hydrogen (secondary N) is 1. The molecule has 172 valence electrons. The smallest absolute Gasteiger partial charge is 0.273 e. The fourth-order valence-electron chi connectivity index (χ4n) is 4.44. The molecule has 0 saturated carbocycles. The molecule has 5 rings (SSSR count). The number of aromatic nitrogens is 2. The van der Waals surface area contributed by atoms with E-state index in [1.54, 1.807) is 12.1 Å². The minimum atomic E-state index is -0.511. The van der Waals surface area contributed by atoms with E-state index in [0.29, 0.717) is 12.1 Å². The summed E-state index contributed by atoms with van der Waals surface area (Å²) in [7, 11) is 0. The van der Waals surface area contributed by atoms with Crippen LogP contribution < -0.4 is 10.3 Å². The third-order valence-corrected chi connectivity index (χ3v) is 6.29. The SMILES string of the molecule is O=NNC(=O)c1ccc(Cn2ccc3cc(N4CCN(Cc5ccccc5)CC4)cnc32)cc1. The molecule has 0 radical (unpaired) electrons. The van der Waals surface area contributed by atoms with Crippen LogP contribution in [0.1, 0.15) is 21.5 Å². The van der Waals surface area contributed by atoms with Crippen LogP contribution in [-0.2, 0) is 13.1 Å². The molecule has 0 spiro atoms. The van der Waals surface area contributed by atoms with Gasteiger partial charge >= 0.3 is 0 Å². The van der Waals surface area contributed by atoms with Crippen molar-refractivity contribution >= 4 is 22.6 Å². The first kappa shape index (κ1) is 21.8. The van der Waals surface area contributed by atoms with E-state index in [-0.39, 0.29) is 0 Å². The van der Waals surface area contributed by atoms with Crippen LogP contribution in [-0.4, -0.2) is 46.5 Å². The predicted octanol–water partition coefficient (Wildman–Crippen LogP) is 3.82. The van der Waals surface area contributed by atoms with Crippen molar-refractivity contribution in [1.82, 2.24) is 19.9 Å². The van der Waals surface area contributed by atoms with Crippen LogP contribution in [0.3, 0.4) is 0 Å². The highest BCUT2D eigenvalue weighted by molar-refractivity contribution is 5.93. The van der Waals surface area contributed by atoms with Gasteiger partial charge in [0.05, 0.1) is 17.2 Å². The number of fused-ring (bicyclic) bond motifs is 1. The molecule has 1 saturated heterocycles. The Morgan fingerprint density at radius 1 is 0.912 bits per heavy atom. The van der Waals surface area contributed by atoms with Crippen molar-refractivity contribution in [2.75, 3.05) is 31.1 Å². The number of amides is 1. The molecule has 8 nitrogen and oxygen atoms in total. The van der Waals surface area contributed by atoms with E-state index in [9.17, 15) is 9.70 Å². The number of benzene rings is 2. The summed E-state index contributed by atoms with van der Waals surface area (Å²) < 4.78 is 2.10. The van der Waals surface area contributed by atoms with E-state index in [1.807, 2.05) is 30.0 Å². The van der Waals surface area contributed by atoms with Crippen LogP contribution in [0, 0.1) is 4.91 Å². The van der Waals surface area contributed by atoms with Gasteiger partial charge in [0.1, 0.15) is 5.65 Å². The van der Waals surface area contributed by atoms with Gasteiger partial charge in [0, 0.05) is 56.4 Å². The molecular formula is C26H26N6O2. The number of nitroso groups, excluding NO2 is 1. The molecule has 3 heterocycles. The van der Waals surface area contributed by atoms with Crippen LogP contribution in [0.15, 0.2) is 84.4 Å². The number of rotatable bonds is 7. The number of anilines is 1. The summed E-state index contributed by atoms with van der Waals surface area (Å²) in [4.78, 5) is 31.6. The summed E-state index contributed by atoms with van der Waals surface area (Å²) in [6, 6.07) is 22.0. The maximum atomic E-state index is 11.7. The molecule has 1 N–H and O–H groups in total. The second-order valence-electron chi connectivity index (χ2n) is 8.53. The van der Waals surface area contributed by atoms with Crippen molar-refractivity contribution in [2.24, 2.45) is 5.29 Å². The zero-order valence-electron chi connectivity index (χ0n) is 18.8. The molecule has 4 aromatic rings. The highest BCUT2D eigenvalue weighted by atomic mass is 16.3. The van der Waals surface area contributed by atoms with Gasteiger partial charge in [-0.25, -0.2) is 10.4 Å². The van der Waals surface area contributed by atoms with Crippen LogP contribution in [0.4, 0.5) is 5.69 Å². The zero-order chi connectivity index (χ0) is 23.3. The Balaban J connectivity index is 1.23. The number of hydrogen-bond acceptors (Lipinski definition) is 6. The molecule has 1 aliphatic heterocycles. The molecule has 1 aliphatic rings. The van der Waals surface area contributed by atoms with Gasteiger partial charge in [-0.1, -0.05) is 42.5 Å². The lowest BCUT2D eigenvalue weighted by molar-refractivity contribution is 0.0954. The third-order valence-electron chi connectivity index (χ3n) is 6.29. The normalized spacial score (nSPS) is 14.3. The zero-order valence-corrected chi connectivity index (χ0v) is 18.8. The lowest BCUT2D eigenvalue weighted by Crippen LogP contribution is -2.46. The van der Waals surface area contributed by atoms with Gasteiger partial charge in [0.25, 0.3) is 5.91 Å². The van der Waals surface area contributed by atoms with Crippen molar-refractivity contribution in [3.8, 4) is 0 Å². The Morgan fingerprint density at radius 3 is 2.38 bits per heavy atom. The molecule has 0 bridgehead atoms. The fraction of sp³-hybridized carbons (Fsp3) is 0.231. The van der Waals surface area contributed by atoms with Crippen LogP contribution in [0.25, 0.3) is 11.0 Å². The fourth-order valence-corrected chi connectivity index (χ4v) is 4.44. The average Bonchev–Trinajstić information content (AvgIpc) is 3.27. The Bertz CT molecular complexity index is 1280. The van der Waals surface area contributed by atoms with Gasteiger partial charge in [-0.05, 0) is 35.4 Å². The molecule has 1 fully saturated rings. The molecule has 1 amide bonds. The molecule has 2 aromatic carbocycles. The molecular weight excluding hydrogens is 428 g/mol. The molecule has 34 heavy (non-hydrogen) atoms. The van der Waals surface area contributed by atoms with Crippen molar-refractivity contribution in [3.63, 3.8) is 0 Å². The van der Waals surface area contributed by atoms with Gasteiger partial charge in [-0.3, -0.25) is 9.69 Å². The second-order valence-corrected chi connectivity index (χ2v) is 8.53. The number of hydrogen-bond donors (Lipinski definition) is 1. The first-order chi connectivity index (χ1) is 16.7. The minimum Gasteiger partial charge on any atom is -0.368 e. The largest absolute Gasteiger partial charge is 0.368 e. The van der Waals surface area contributed by atoms with Crippen LogP contribution in [0.5, 0.6) is 0 Å². The molecule has 0 unspecified atom stereocenters. The summed E-state index contributed by atoms with van der Waals surface area (Å²) in [5, 5.41) is 3.53. The predicted molar refractivity (Wildman–Crippen MR) is 132 cm³/mol. The van der Waals surface area contributed by atoms with Gasteiger partial charge in [0.2, 0.25) is 0 Å². The summed E-state index contributed by atoms with van der Waals surface area (Å²) in [5.74, 6) is -0.511. The first-order valence-electron chi connectivity index (χ1n) is 11.4. The lowest BCUT2D eigenvalue weighted by Gasteiger charge is -2.36. The monoisotopic (exact) mass is 454 g/mol.